The summed E-state index contributed by atoms with van der Waals surface area (Å²) in [6, 6.07) is 8.37. The van der Waals surface area contributed by atoms with Crippen LogP contribution in [0.5, 0.6) is 5.75 Å². The van der Waals surface area contributed by atoms with E-state index in [2.05, 4.69) is 47.7 Å². The molecule has 1 aromatic rings. The van der Waals surface area contributed by atoms with Gasteiger partial charge >= 0.3 is 0 Å². The van der Waals surface area contributed by atoms with Crippen LogP contribution in [0.3, 0.4) is 0 Å². The van der Waals surface area contributed by atoms with E-state index < -0.39 is 0 Å². The molecule has 0 aliphatic rings. The van der Waals surface area contributed by atoms with E-state index in [1.54, 1.807) is 0 Å². The number of hydrogen-bond donors (Lipinski definition) is 1. The maximum Gasteiger partial charge on any atom is 0.124 e. The van der Waals surface area contributed by atoms with Gasteiger partial charge in [-0.3, -0.25) is 0 Å². The summed E-state index contributed by atoms with van der Waals surface area (Å²) in [4.78, 5) is 0. The Morgan fingerprint density at radius 1 is 1.50 bits per heavy atom. The van der Waals surface area contributed by atoms with Gasteiger partial charge in [0.25, 0.3) is 0 Å². The van der Waals surface area contributed by atoms with Crippen LogP contribution >= 0.6 is 15.9 Å². The molecule has 1 rings (SSSR count). The molecule has 2 nitrogen and oxygen atoms in total. The van der Waals surface area contributed by atoms with Gasteiger partial charge in [-0.2, -0.15) is 0 Å². The van der Waals surface area contributed by atoms with Crippen LogP contribution in [-0.2, 0) is 0 Å². The van der Waals surface area contributed by atoms with Gasteiger partial charge in [0, 0.05) is 16.1 Å². The predicted molar refractivity (Wildman–Crippen MR) is 72.1 cm³/mol. The minimum atomic E-state index is 0.296. The van der Waals surface area contributed by atoms with Crippen molar-refractivity contribution in [2.45, 2.75) is 19.9 Å². The molecule has 0 aliphatic carbocycles. The highest BCUT2D eigenvalue weighted by Crippen LogP contribution is 2.25. The van der Waals surface area contributed by atoms with Gasteiger partial charge in [0.15, 0.2) is 0 Å². The lowest BCUT2D eigenvalue weighted by molar-refractivity contribution is 0.352. The van der Waals surface area contributed by atoms with E-state index in [0.29, 0.717) is 12.6 Å². The van der Waals surface area contributed by atoms with Crippen molar-refractivity contribution in [2.75, 3.05) is 13.2 Å². The maximum absolute atomic E-state index is 5.68. The minimum absolute atomic E-state index is 0.296. The molecule has 1 N–H and O–H groups in total. The summed E-state index contributed by atoms with van der Waals surface area (Å²) >= 11 is 3.29. The Morgan fingerprint density at radius 3 is 2.81 bits per heavy atom. The summed E-state index contributed by atoms with van der Waals surface area (Å²) in [6.45, 7) is 9.43. The largest absolute Gasteiger partial charge is 0.488 e. The second kappa shape index (κ2) is 6.71. The highest BCUT2D eigenvalue weighted by molar-refractivity contribution is 9.11. The molecule has 0 spiro atoms. The molecule has 0 saturated carbocycles. The number of rotatable bonds is 6. The molecule has 0 bridgehead atoms. The standard InChI is InChI=1S/C13H18BrNO/c1-4-15-11(3)12-7-5-6-8-13(12)16-9-10(2)14/h5-8,11,15H,2,4,9H2,1,3H3. The Kier molecular flexibility index (Phi) is 5.56. The van der Waals surface area contributed by atoms with Gasteiger partial charge < -0.3 is 10.1 Å². The van der Waals surface area contributed by atoms with Crippen molar-refractivity contribution in [2.24, 2.45) is 0 Å². The normalized spacial score (nSPS) is 12.2. The van der Waals surface area contributed by atoms with Crippen molar-refractivity contribution in [1.29, 1.82) is 0 Å². The topological polar surface area (TPSA) is 21.3 Å². The highest BCUT2D eigenvalue weighted by Gasteiger charge is 2.09. The molecular formula is C13H18BrNO. The smallest absolute Gasteiger partial charge is 0.124 e. The average Bonchev–Trinajstić information content (AvgIpc) is 2.27. The SMILES string of the molecule is C=C(Br)COc1ccccc1C(C)NCC. The van der Waals surface area contributed by atoms with E-state index in [-0.39, 0.29) is 0 Å². The summed E-state index contributed by atoms with van der Waals surface area (Å²) in [5, 5.41) is 3.38. The zero-order valence-corrected chi connectivity index (χ0v) is 11.4. The second-order valence-corrected chi connectivity index (χ2v) is 4.74. The Hall–Kier alpha value is -0.800. The summed E-state index contributed by atoms with van der Waals surface area (Å²) < 4.78 is 6.53. The van der Waals surface area contributed by atoms with Gasteiger partial charge in [-0.1, -0.05) is 47.6 Å². The van der Waals surface area contributed by atoms with Crippen LogP contribution in [0.4, 0.5) is 0 Å². The molecule has 0 heterocycles. The molecule has 1 unspecified atom stereocenters. The number of benzene rings is 1. The first-order chi connectivity index (χ1) is 7.65. The predicted octanol–water partition coefficient (Wildman–Crippen LogP) is 3.64. The molecule has 0 aliphatic heterocycles. The first kappa shape index (κ1) is 13.3. The third kappa shape index (κ3) is 3.99. The Morgan fingerprint density at radius 2 is 2.19 bits per heavy atom. The number of ether oxygens (including phenoxy) is 1. The first-order valence-electron chi connectivity index (χ1n) is 5.43. The Labute approximate surface area is 106 Å². The van der Waals surface area contributed by atoms with Crippen LogP contribution in [-0.4, -0.2) is 13.2 Å². The zero-order valence-electron chi connectivity index (χ0n) is 9.79. The maximum atomic E-state index is 5.68. The monoisotopic (exact) mass is 283 g/mol. The third-order valence-corrected chi connectivity index (χ3v) is 2.51. The van der Waals surface area contributed by atoms with E-state index in [0.717, 1.165) is 16.8 Å². The number of halogens is 1. The van der Waals surface area contributed by atoms with Crippen LogP contribution in [0.1, 0.15) is 25.5 Å². The fraction of sp³-hybridized carbons (Fsp3) is 0.385. The second-order valence-electron chi connectivity index (χ2n) is 3.62. The van der Waals surface area contributed by atoms with Gasteiger partial charge in [-0.05, 0) is 19.5 Å². The van der Waals surface area contributed by atoms with Crippen molar-refractivity contribution in [1.82, 2.24) is 5.32 Å². The van der Waals surface area contributed by atoms with Gasteiger partial charge in [0.1, 0.15) is 12.4 Å². The summed E-state index contributed by atoms with van der Waals surface area (Å²) in [6.07, 6.45) is 0. The van der Waals surface area contributed by atoms with E-state index in [9.17, 15) is 0 Å². The lowest BCUT2D eigenvalue weighted by atomic mass is 10.1. The lowest BCUT2D eigenvalue weighted by Crippen LogP contribution is -2.18. The Balaban J connectivity index is 2.78. The quantitative estimate of drug-likeness (QED) is 0.861. The minimum Gasteiger partial charge on any atom is -0.488 e. The summed E-state index contributed by atoms with van der Waals surface area (Å²) in [5.74, 6) is 0.913. The molecule has 3 heteroatoms. The van der Waals surface area contributed by atoms with Crippen LogP contribution in [0.25, 0.3) is 0 Å². The van der Waals surface area contributed by atoms with Crippen LogP contribution < -0.4 is 10.1 Å². The molecule has 88 valence electrons. The number of hydrogen-bond acceptors (Lipinski definition) is 2. The lowest BCUT2D eigenvalue weighted by Gasteiger charge is -2.17. The van der Waals surface area contributed by atoms with Crippen molar-refractivity contribution in [3.63, 3.8) is 0 Å². The van der Waals surface area contributed by atoms with Gasteiger partial charge in [-0.25, -0.2) is 0 Å². The van der Waals surface area contributed by atoms with Crippen molar-refractivity contribution >= 4 is 15.9 Å². The highest BCUT2D eigenvalue weighted by atomic mass is 79.9. The molecule has 0 amide bonds. The zero-order chi connectivity index (χ0) is 12.0. The molecule has 0 radical (unpaired) electrons. The molecule has 1 atom stereocenters. The van der Waals surface area contributed by atoms with E-state index in [1.807, 2.05) is 18.2 Å². The van der Waals surface area contributed by atoms with E-state index >= 15 is 0 Å². The van der Waals surface area contributed by atoms with E-state index in [1.165, 1.54) is 5.56 Å². The third-order valence-electron chi connectivity index (χ3n) is 2.28. The Bertz CT molecular complexity index is 352. The van der Waals surface area contributed by atoms with Crippen molar-refractivity contribution in [3.8, 4) is 5.75 Å². The number of para-hydroxylation sites is 1. The van der Waals surface area contributed by atoms with Gasteiger partial charge in [-0.15, -0.1) is 0 Å². The van der Waals surface area contributed by atoms with Crippen LogP contribution in [0, 0.1) is 0 Å². The summed E-state index contributed by atoms with van der Waals surface area (Å²) in [7, 11) is 0. The van der Waals surface area contributed by atoms with Crippen LogP contribution in [0.15, 0.2) is 35.3 Å². The first-order valence-corrected chi connectivity index (χ1v) is 6.22. The van der Waals surface area contributed by atoms with Gasteiger partial charge in [0.2, 0.25) is 0 Å². The van der Waals surface area contributed by atoms with Gasteiger partial charge in [0.05, 0.1) is 0 Å². The van der Waals surface area contributed by atoms with Crippen LogP contribution in [0.2, 0.25) is 0 Å². The molecule has 0 saturated heterocycles. The molecular weight excluding hydrogens is 266 g/mol. The average molecular weight is 284 g/mol. The summed E-state index contributed by atoms with van der Waals surface area (Å²) in [5.41, 5.74) is 1.18. The fourth-order valence-corrected chi connectivity index (χ4v) is 1.66. The molecule has 0 fully saturated rings. The van der Waals surface area contributed by atoms with Crippen molar-refractivity contribution in [3.05, 3.63) is 40.9 Å². The number of nitrogens with one attached hydrogen (secondary N) is 1. The van der Waals surface area contributed by atoms with Crippen molar-refractivity contribution < 1.29 is 4.74 Å². The fourth-order valence-electron chi connectivity index (χ4n) is 1.54. The van der Waals surface area contributed by atoms with E-state index in [4.69, 9.17) is 4.74 Å². The molecule has 16 heavy (non-hydrogen) atoms. The molecule has 1 aromatic carbocycles. The molecule has 0 aromatic heterocycles.